The third kappa shape index (κ3) is 2.96. The first kappa shape index (κ1) is 14.9. The molecule has 0 saturated carbocycles. The molecule has 0 aliphatic carbocycles. The summed E-state index contributed by atoms with van der Waals surface area (Å²) in [6, 6.07) is 2.84. The Morgan fingerprint density at radius 2 is 1.90 bits per heavy atom. The van der Waals surface area contributed by atoms with E-state index in [4.69, 9.17) is 0 Å². The fourth-order valence-electron chi connectivity index (χ4n) is 2.64. The Morgan fingerprint density at radius 1 is 1.30 bits per heavy atom. The summed E-state index contributed by atoms with van der Waals surface area (Å²) in [5, 5.41) is 9.36. The van der Waals surface area contributed by atoms with E-state index >= 15 is 0 Å². The molecule has 1 aromatic rings. The molecule has 6 heteroatoms. The number of hydrogen-bond donors (Lipinski definition) is 1. The lowest BCUT2D eigenvalue weighted by atomic mass is 10.0. The predicted octanol–water partition coefficient (Wildman–Crippen LogP) is 0.959. The molecule has 1 amide bonds. The van der Waals surface area contributed by atoms with Gasteiger partial charge in [0.25, 0.3) is 5.91 Å². The van der Waals surface area contributed by atoms with Gasteiger partial charge in [-0.25, -0.2) is 8.78 Å². The molecule has 0 aromatic heterocycles. The number of amides is 1. The van der Waals surface area contributed by atoms with Crippen LogP contribution in [-0.4, -0.2) is 60.6 Å². The van der Waals surface area contributed by atoms with Gasteiger partial charge in [0.15, 0.2) is 0 Å². The Balaban J connectivity index is 2.18. The summed E-state index contributed by atoms with van der Waals surface area (Å²) in [6.45, 7) is 0.801. The molecule has 0 radical (unpaired) electrons. The smallest absolute Gasteiger partial charge is 0.254 e. The first-order valence-corrected chi connectivity index (χ1v) is 6.45. The van der Waals surface area contributed by atoms with E-state index in [0.29, 0.717) is 13.1 Å². The first-order chi connectivity index (χ1) is 9.42. The standard InChI is InChI=1S/C14H18F2N2O2/c1-17(2)13-7-18(6-10(13)8-19)14(20)9-3-11(15)5-12(16)4-9/h3-5,10,13,19H,6-8H2,1-2H3/t10-,13+/m0/s1. The lowest BCUT2D eigenvalue weighted by Gasteiger charge is -2.23. The normalized spacial score (nSPS) is 22.6. The van der Waals surface area contributed by atoms with Crippen LogP contribution >= 0.6 is 0 Å². The molecule has 0 spiro atoms. The average Bonchev–Trinajstić information content (AvgIpc) is 2.80. The van der Waals surface area contributed by atoms with Crippen LogP contribution in [0.15, 0.2) is 18.2 Å². The SMILES string of the molecule is CN(C)[C@@H]1CN(C(=O)c2cc(F)cc(F)c2)C[C@H]1CO. The highest BCUT2D eigenvalue weighted by atomic mass is 19.1. The zero-order chi connectivity index (χ0) is 14.9. The van der Waals surface area contributed by atoms with Crippen LogP contribution in [0.4, 0.5) is 8.78 Å². The van der Waals surface area contributed by atoms with E-state index < -0.39 is 17.5 Å². The van der Waals surface area contributed by atoms with Gasteiger partial charge in [0.05, 0.1) is 0 Å². The number of carbonyl (C=O) groups is 1. The van der Waals surface area contributed by atoms with Gasteiger partial charge in [0, 0.05) is 43.3 Å². The van der Waals surface area contributed by atoms with E-state index in [1.54, 1.807) is 0 Å². The largest absolute Gasteiger partial charge is 0.396 e. The summed E-state index contributed by atoms with van der Waals surface area (Å²) in [6.07, 6.45) is 0. The molecule has 0 bridgehead atoms. The van der Waals surface area contributed by atoms with Crippen molar-refractivity contribution in [2.45, 2.75) is 6.04 Å². The van der Waals surface area contributed by atoms with Crippen molar-refractivity contribution >= 4 is 5.91 Å². The maximum absolute atomic E-state index is 13.2. The Morgan fingerprint density at radius 3 is 2.35 bits per heavy atom. The zero-order valence-corrected chi connectivity index (χ0v) is 11.5. The van der Waals surface area contributed by atoms with Crippen LogP contribution in [0.1, 0.15) is 10.4 Å². The van der Waals surface area contributed by atoms with Crippen LogP contribution in [-0.2, 0) is 0 Å². The summed E-state index contributed by atoms with van der Waals surface area (Å²) in [4.78, 5) is 15.7. The van der Waals surface area contributed by atoms with Crippen molar-refractivity contribution in [3.05, 3.63) is 35.4 Å². The molecule has 20 heavy (non-hydrogen) atoms. The highest BCUT2D eigenvalue weighted by Gasteiger charge is 2.36. The van der Waals surface area contributed by atoms with Crippen LogP contribution in [0.2, 0.25) is 0 Å². The second kappa shape index (κ2) is 5.85. The number of halogens is 2. The van der Waals surface area contributed by atoms with E-state index in [9.17, 15) is 18.7 Å². The molecule has 0 unspecified atom stereocenters. The summed E-state index contributed by atoms with van der Waals surface area (Å²) in [7, 11) is 3.76. The number of hydrogen-bond acceptors (Lipinski definition) is 3. The minimum atomic E-state index is -0.768. The number of likely N-dealkylation sites (tertiary alicyclic amines) is 1. The van der Waals surface area contributed by atoms with Gasteiger partial charge in [-0.1, -0.05) is 0 Å². The van der Waals surface area contributed by atoms with Crippen molar-refractivity contribution in [1.29, 1.82) is 0 Å². The fourth-order valence-corrected chi connectivity index (χ4v) is 2.64. The Hall–Kier alpha value is -1.53. The monoisotopic (exact) mass is 284 g/mol. The van der Waals surface area contributed by atoms with Gasteiger partial charge < -0.3 is 14.9 Å². The lowest BCUT2D eigenvalue weighted by Crippen LogP contribution is -2.37. The van der Waals surface area contributed by atoms with Crippen LogP contribution < -0.4 is 0 Å². The van der Waals surface area contributed by atoms with Crippen LogP contribution in [0.5, 0.6) is 0 Å². The molecular weight excluding hydrogens is 266 g/mol. The van der Waals surface area contributed by atoms with E-state index in [1.807, 2.05) is 19.0 Å². The van der Waals surface area contributed by atoms with Gasteiger partial charge in [-0.2, -0.15) is 0 Å². The topological polar surface area (TPSA) is 43.8 Å². The molecule has 110 valence electrons. The van der Waals surface area contributed by atoms with Gasteiger partial charge >= 0.3 is 0 Å². The van der Waals surface area contributed by atoms with Crippen LogP contribution in [0.25, 0.3) is 0 Å². The molecule has 2 rings (SSSR count). The number of likely N-dealkylation sites (N-methyl/N-ethyl adjacent to an activating group) is 1. The lowest BCUT2D eigenvalue weighted by molar-refractivity contribution is 0.0778. The van der Waals surface area contributed by atoms with Crippen molar-refractivity contribution in [3.8, 4) is 0 Å². The maximum Gasteiger partial charge on any atom is 0.254 e. The molecule has 2 atom stereocenters. The zero-order valence-electron chi connectivity index (χ0n) is 11.5. The highest BCUT2D eigenvalue weighted by molar-refractivity contribution is 5.94. The molecule has 1 aliphatic rings. The van der Waals surface area contributed by atoms with Crippen LogP contribution in [0.3, 0.4) is 0 Å². The number of aliphatic hydroxyl groups is 1. The van der Waals surface area contributed by atoms with E-state index in [0.717, 1.165) is 18.2 Å². The molecule has 1 aliphatic heterocycles. The van der Waals surface area contributed by atoms with Gasteiger partial charge in [0.2, 0.25) is 0 Å². The predicted molar refractivity (Wildman–Crippen MR) is 70.3 cm³/mol. The summed E-state index contributed by atoms with van der Waals surface area (Å²) >= 11 is 0. The number of nitrogens with zero attached hydrogens (tertiary/aromatic N) is 2. The van der Waals surface area contributed by atoms with Crippen molar-refractivity contribution < 1.29 is 18.7 Å². The van der Waals surface area contributed by atoms with Crippen molar-refractivity contribution in [3.63, 3.8) is 0 Å². The third-order valence-corrected chi connectivity index (χ3v) is 3.70. The van der Waals surface area contributed by atoms with Gasteiger partial charge in [0.1, 0.15) is 11.6 Å². The van der Waals surface area contributed by atoms with E-state index in [1.165, 1.54) is 4.90 Å². The average molecular weight is 284 g/mol. The fraction of sp³-hybridized carbons (Fsp3) is 0.500. The number of benzene rings is 1. The van der Waals surface area contributed by atoms with Gasteiger partial charge in [-0.3, -0.25) is 4.79 Å². The molecule has 1 aromatic carbocycles. The highest BCUT2D eigenvalue weighted by Crippen LogP contribution is 2.22. The molecule has 1 heterocycles. The molecule has 1 saturated heterocycles. The minimum Gasteiger partial charge on any atom is -0.396 e. The van der Waals surface area contributed by atoms with Crippen molar-refractivity contribution in [2.75, 3.05) is 33.8 Å². The number of carbonyl (C=O) groups excluding carboxylic acids is 1. The maximum atomic E-state index is 13.2. The Labute approximate surface area is 116 Å². The first-order valence-electron chi connectivity index (χ1n) is 6.45. The molecular formula is C14H18F2N2O2. The number of rotatable bonds is 3. The van der Waals surface area contributed by atoms with Crippen molar-refractivity contribution in [1.82, 2.24) is 9.80 Å². The third-order valence-electron chi connectivity index (χ3n) is 3.70. The van der Waals surface area contributed by atoms with Crippen LogP contribution in [0, 0.1) is 17.6 Å². The second-order valence-electron chi connectivity index (χ2n) is 5.34. The summed E-state index contributed by atoms with van der Waals surface area (Å²) < 4.78 is 26.3. The Bertz CT molecular complexity index is 488. The summed E-state index contributed by atoms with van der Waals surface area (Å²) in [5.74, 6) is -2.00. The molecule has 4 nitrogen and oxygen atoms in total. The van der Waals surface area contributed by atoms with Crippen molar-refractivity contribution in [2.24, 2.45) is 5.92 Å². The van der Waals surface area contributed by atoms with Gasteiger partial charge in [-0.05, 0) is 26.2 Å². The summed E-state index contributed by atoms with van der Waals surface area (Å²) in [5.41, 5.74) is -0.00130. The van der Waals surface area contributed by atoms with E-state index in [2.05, 4.69) is 0 Å². The quantitative estimate of drug-likeness (QED) is 0.899. The molecule has 1 N–H and O–H groups in total. The number of aliphatic hydroxyl groups excluding tert-OH is 1. The van der Waals surface area contributed by atoms with E-state index in [-0.39, 0.29) is 24.1 Å². The second-order valence-corrected chi connectivity index (χ2v) is 5.34. The minimum absolute atomic E-state index is 0.00130. The van der Waals surface area contributed by atoms with Gasteiger partial charge in [-0.15, -0.1) is 0 Å². The Kier molecular flexibility index (Phi) is 4.35. The molecule has 1 fully saturated rings.